The van der Waals surface area contributed by atoms with Crippen LogP contribution >= 0.6 is 11.3 Å². The van der Waals surface area contributed by atoms with Crippen LogP contribution in [0.3, 0.4) is 0 Å². The first-order valence-corrected chi connectivity index (χ1v) is 7.37. The lowest BCUT2D eigenvalue weighted by Gasteiger charge is -2.12. The number of hydrogen-bond donors (Lipinski definition) is 1. The normalized spacial score (nSPS) is 12.4. The lowest BCUT2D eigenvalue weighted by Crippen LogP contribution is -2.12. The van der Waals surface area contributed by atoms with Crippen LogP contribution in [0.5, 0.6) is 5.75 Å². The summed E-state index contributed by atoms with van der Waals surface area (Å²) in [4.78, 5) is 5.55. The Morgan fingerprint density at radius 1 is 1.42 bits per heavy atom. The van der Waals surface area contributed by atoms with E-state index in [9.17, 15) is 0 Å². The van der Waals surface area contributed by atoms with E-state index in [1.54, 1.807) is 11.3 Å². The highest BCUT2D eigenvalue weighted by molar-refractivity contribution is 7.09. The molecule has 0 spiro atoms. The maximum absolute atomic E-state index is 5.82. The minimum atomic E-state index is 0.340. The van der Waals surface area contributed by atoms with Crippen molar-refractivity contribution >= 4 is 11.3 Å². The second kappa shape index (κ2) is 6.68. The van der Waals surface area contributed by atoms with Gasteiger partial charge in [0.15, 0.2) is 0 Å². The number of benzene rings is 1. The number of aromatic nitrogens is 1. The van der Waals surface area contributed by atoms with Crippen LogP contribution in [0.25, 0.3) is 0 Å². The van der Waals surface area contributed by atoms with Crippen LogP contribution in [0.4, 0.5) is 0 Å². The minimum Gasteiger partial charge on any atom is -0.493 e. The second-order valence-electron chi connectivity index (χ2n) is 4.54. The first kappa shape index (κ1) is 14.0. The molecule has 1 N–H and O–H groups in total. The maximum atomic E-state index is 5.82. The Balaban J connectivity index is 1.91. The number of nitrogens with zero attached hydrogens (tertiary/aromatic N) is 1. The van der Waals surface area contributed by atoms with Gasteiger partial charge >= 0.3 is 0 Å². The number of nitrogens with one attached hydrogen (secondary N) is 1. The molecule has 0 aliphatic carbocycles. The summed E-state index contributed by atoms with van der Waals surface area (Å²) in [5.41, 5.74) is 4.25. The van der Waals surface area contributed by atoms with Gasteiger partial charge in [0.25, 0.3) is 0 Å². The molecule has 0 bridgehead atoms. The highest BCUT2D eigenvalue weighted by Gasteiger charge is 2.05. The van der Waals surface area contributed by atoms with Gasteiger partial charge in [-0.15, -0.1) is 11.3 Å². The van der Waals surface area contributed by atoms with Gasteiger partial charge in [0.05, 0.1) is 17.8 Å². The van der Waals surface area contributed by atoms with Crippen molar-refractivity contribution in [3.8, 4) is 5.75 Å². The number of rotatable bonds is 6. The molecule has 1 unspecified atom stereocenters. The van der Waals surface area contributed by atoms with Gasteiger partial charge in [-0.25, -0.2) is 4.98 Å². The van der Waals surface area contributed by atoms with E-state index < -0.39 is 0 Å². The van der Waals surface area contributed by atoms with Gasteiger partial charge in [-0.1, -0.05) is 12.1 Å². The summed E-state index contributed by atoms with van der Waals surface area (Å²) < 4.78 is 5.82. The van der Waals surface area contributed by atoms with Crippen LogP contribution in [0, 0.1) is 6.92 Å². The molecule has 102 valence electrons. The lowest BCUT2D eigenvalue weighted by molar-refractivity contribution is 0.322. The molecule has 0 radical (unpaired) electrons. The lowest BCUT2D eigenvalue weighted by atomic mass is 10.1. The van der Waals surface area contributed by atoms with E-state index >= 15 is 0 Å². The summed E-state index contributed by atoms with van der Waals surface area (Å²) in [6.45, 7) is 4.88. The van der Waals surface area contributed by atoms with E-state index in [1.165, 1.54) is 10.4 Å². The summed E-state index contributed by atoms with van der Waals surface area (Å²) in [5.74, 6) is 0.932. The molecule has 2 rings (SSSR count). The minimum absolute atomic E-state index is 0.340. The molecule has 1 heterocycles. The fourth-order valence-corrected chi connectivity index (χ4v) is 2.63. The van der Waals surface area contributed by atoms with Gasteiger partial charge < -0.3 is 10.1 Å². The molecule has 1 aromatic heterocycles. The Kier molecular flexibility index (Phi) is 4.93. The molecule has 4 heteroatoms. The summed E-state index contributed by atoms with van der Waals surface area (Å²) in [7, 11) is 1.96. The molecule has 0 saturated carbocycles. The van der Waals surface area contributed by atoms with Crippen LogP contribution in [0.2, 0.25) is 0 Å². The quantitative estimate of drug-likeness (QED) is 0.878. The average molecular weight is 276 g/mol. The van der Waals surface area contributed by atoms with E-state index in [4.69, 9.17) is 4.74 Å². The Morgan fingerprint density at radius 2 is 2.26 bits per heavy atom. The van der Waals surface area contributed by atoms with E-state index in [0.29, 0.717) is 12.6 Å². The second-order valence-corrected chi connectivity index (χ2v) is 5.48. The van der Waals surface area contributed by atoms with Gasteiger partial charge in [-0.3, -0.25) is 0 Å². The number of thiazole rings is 1. The van der Waals surface area contributed by atoms with E-state index in [1.807, 2.05) is 31.6 Å². The summed E-state index contributed by atoms with van der Waals surface area (Å²) in [6, 6.07) is 8.59. The number of ether oxygens (including phenoxy) is 1. The summed E-state index contributed by atoms with van der Waals surface area (Å²) in [6.07, 6.45) is 0.919. The zero-order valence-electron chi connectivity index (χ0n) is 11.6. The molecule has 0 saturated heterocycles. The number of hydrogen-bond acceptors (Lipinski definition) is 4. The SMILES string of the molecule is CNC(C)c1cccc(OCCc2scnc2C)c1. The van der Waals surface area contributed by atoms with Gasteiger partial charge in [-0.05, 0) is 38.6 Å². The molecular formula is C15H20N2OS. The van der Waals surface area contributed by atoms with Crippen molar-refractivity contribution in [2.24, 2.45) is 0 Å². The smallest absolute Gasteiger partial charge is 0.119 e. The van der Waals surface area contributed by atoms with Crippen molar-refractivity contribution in [2.75, 3.05) is 13.7 Å². The topological polar surface area (TPSA) is 34.1 Å². The predicted molar refractivity (Wildman–Crippen MR) is 80.0 cm³/mol. The first-order chi connectivity index (χ1) is 9.20. The fourth-order valence-electron chi connectivity index (χ4n) is 1.87. The van der Waals surface area contributed by atoms with Crippen LogP contribution in [0.15, 0.2) is 29.8 Å². The zero-order valence-corrected chi connectivity index (χ0v) is 12.5. The Morgan fingerprint density at radius 3 is 2.95 bits per heavy atom. The van der Waals surface area contributed by atoms with E-state index in [2.05, 4.69) is 29.4 Å². The molecule has 0 aliphatic rings. The van der Waals surface area contributed by atoms with Crippen LogP contribution in [-0.4, -0.2) is 18.6 Å². The van der Waals surface area contributed by atoms with Crippen molar-refractivity contribution in [3.63, 3.8) is 0 Å². The Bertz CT molecular complexity index is 524. The molecular weight excluding hydrogens is 256 g/mol. The van der Waals surface area contributed by atoms with Crippen molar-refractivity contribution in [1.29, 1.82) is 0 Å². The summed E-state index contributed by atoms with van der Waals surface area (Å²) >= 11 is 1.70. The molecule has 0 fully saturated rings. The highest BCUT2D eigenvalue weighted by atomic mass is 32.1. The molecule has 0 aliphatic heterocycles. The van der Waals surface area contributed by atoms with Gasteiger partial charge in [0.1, 0.15) is 5.75 Å². The Labute approximate surface area is 118 Å². The standard InChI is InChI=1S/C15H20N2OS/c1-11(16-3)13-5-4-6-14(9-13)18-8-7-15-12(2)17-10-19-15/h4-6,9-11,16H,7-8H2,1-3H3. The first-order valence-electron chi connectivity index (χ1n) is 6.49. The largest absolute Gasteiger partial charge is 0.493 e. The van der Waals surface area contributed by atoms with Crippen LogP contribution in [-0.2, 0) is 6.42 Å². The van der Waals surface area contributed by atoms with E-state index in [-0.39, 0.29) is 0 Å². The van der Waals surface area contributed by atoms with Gasteiger partial charge in [-0.2, -0.15) is 0 Å². The average Bonchev–Trinajstić information content (AvgIpc) is 2.84. The third kappa shape index (κ3) is 3.78. The molecule has 3 nitrogen and oxygen atoms in total. The highest BCUT2D eigenvalue weighted by Crippen LogP contribution is 2.19. The van der Waals surface area contributed by atoms with E-state index in [0.717, 1.165) is 17.9 Å². The predicted octanol–water partition coefficient (Wildman–Crippen LogP) is 3.35. The maximum Gasteiger partial charge on any atom is 0.119 e. The van der Waals surface area contributed by atoms with Gasteiger partial charge in [0.2, 0.25) is 0 Å². The van der Waals surface area contributed by atoms with Crippen molar-refractivity contribution in [1.82, 2.24) is 10.3 Å². The Hall–Kier alpha value is -1.39. The third-order valence-electron chi connectivity index (χ3n) is 3.23. The molecule has 1 aromatic carbocycles. The molecule has 2 aromatic rings. The fraction of sp³-hybridized carbons (Fsp3) is 0.400. The van der Waals surface area contributed by atoms with Crippen molar-refractivity contribution in [3.05, 3.63) is 45.9 Å². The number of aryl methyl sites for hydroxylation is 1. The zero-order chi connectivity index (χ0) is 13.7. The molecule has 1 atom stereocenters. The van der Waals surface area contributed by atoms with Crippen molar-refractivity contribution < 1.29 is 4.74 Å². The van der Waals surface area contributed by atoms with Crippen molar-refractivity contribution in [2.45, 2.75) is 26.3 Å². The molecule has 19 heavy (non-hydrogen) atoms. The van der Waals surface area contributed by atoms with Crippen LogP contribution < -0.4 is 10.1 Å². The van der Waals surface area contributed by atoms with Crippen LogP contribution in [0.1, 0.15) is 29.1 Å². The monoisotopic (exact) mass is 276 g/mol. The van der Waals surface area contributed by atoms with Gasteiger partial charge in [0, 0.05) is 17.3 Å². The third-order valence-corrected chi connectivity index (χ3v) is 4.23. The summed E-state index contributed by atoms with van der Waals surface area (Å²) in [5, 5.41) is 3.23. The molecule has 0 amide bonds.